The third kappa shape index (κ3) is 5.82. The molecule has 2 aromatic heterocycles. The lowest BCUT2D eigenvalue weighted by molar-refractivity contribution is -0.0613. The Morgan fingerprint density at radius 2 is 1.98 bits per heavy atom. The monoisotopic (exact) mass is 565 g/mol. The van der Waals surface area contributed by atoms with Gasteiger partial charge in [0.15, 0.2) is 0 Å². The molecule has 4 atom stereocenters. The van der Waals surface area contributed by atoms with Crippen LogP contribution < -0.4 is 16.3 Å². The number of nitrogens with one attached hydrogen (secondary N) is 2. The van der Waals surface area contributed by atoms with Crippen molar-refractivity contribution in [2.24, 2.45) is 13.0 Å². The zero-order valence-electron chi connectivity index (χ0n) is 24.8. The predicted molar refractivity (Wildman–Crippen MR) is 156 cm³/mol. The van der Waals surface area contributed by atoms with Gasteiger partial charge in [0, 0.05) is 61.3 Å². The second-order valence-corrected chi connectivity index (χ2v) is 12.6. The van der Waals surface area contributed by atoms with E-state index in [1.165, 1.54) is 28.8 Å². The summed E-state index contributed by atoms with van der Waals surface area (Å²) in [6.45, 7) is 11.4. The highest BCUT2D eigenvalue weighted by molar-refractivity contribution is 5.61. The second-order valence-electron chi connectivity index (χ2n) is 12.6. The molecule has 0 amide bonds. The number of aryl methyl sites for hydroxylation is 2. The number of allylic oxidation sites excluding steroid dienone is 1. The predicted octanol–water partition coefficient (Wildman–Crippen LogP) is 2.94. The van der Waals surface area contributed by atoms with Crippen LogP contribution in [0, 0.1) is 12.8 Å². The lowest BCUT2D eigenvalue weighted by Crippen LogP contribution is -2.55. The summed E-state index contributed by atoms with van der Waals surface area (Å²) in [5.41, 5.74) is 2.29. The van der Waals surface area contributed by atoms with Crippen molar-refractivity contribution in [2.45, 2.75) is 96.1 Å². The fourth-order valence-corrected chi connectivity index (χ4v) is 6.97. The fraction of sp³-hybridized carbons (Fsp3) is 0.690. The van der Waals surface area contributed by atoms with Crippen LogP contribution in [0.25, 0.3) is 5.70 Å². The molecule has 41 heavy (non-hydrogen) atoms. The molecule has 3 aliphatic heterocycles. The van der Waals surface area contributed by atoms with Gasteiger partial charge in [0.05, 0.1) is 11.8 Å². The van der Waals surface area contributed by atoms with Crippen molar-refractivity contribution in [1.82, 2.24) is 34.7 Å². The number of ether oxygens (including phenoxy) is 2. The number of aromatic nitrogens is 6. The molecular formula is C29H43N9O3. The van der Waals surface area contributed by atoms with Crippen LogP contribution in [0.15, 0.2) is 28.8 Å². The molecule has 1 aliphatic carbocycles. The number of hydrogen-bond acceptors (Lipinski definition) is 10. The standard InChI is InChI=1S/C29H43N9O3/c1-18-13-20(15-24(38-28(39)36(5)34-35-38)25(18)41-23-8-11-40-12-9-23)32-27-30-17-19(2)26(33-27)31-21-14-22-7-6-10-37(22)29(3,4)16-21/h13,15,17-18,21-23,25H,6-12,14,16H2,1-5H3,(H2,30,31,32,33). The summed E-state index contributed by atoms with van der Waals surface area (Å²) in [4.78, 5) is 25.0. The summed E-state index contributed by atoms with van der Waals surface area (Å²) in [7, 11) is 1.59. The van der Waals surface area contributed by atoms with E-state index in [4.69, 9.17) is 14.5 Å². The molecule has 4 aliphatic rings. The van der Waals surface area contributed by atoms with Gasteiger partial charge in [-0.05, 0) is 82.3 Å². The minimum absolute atomic E-state index is 0.0314. The van der Waals surface area contributed by atoms with E-state index in [1.54, 1.807) is 7.05 Å². The van der Waals surface area contributed by atoms with Gasteiger partial charge in [0.2, 0.25) is 5.95 Å². The highest BCUT2D eigenvalue weighted by Crippen LogP contribution is 2.39. The number of piperidine rings is 1. The highest BCUT2D eigenvalue weighted by atomic mass is 16.5. The second kappa shape index (κ2) is 11.3. The van der Waals surface area contributed by atoms with Crippen LogP contribution in [0.1, 0.15) is 64.9 Å². The lowest BCUT2D eigenvalue weighted by Gasteiger charge is -2.48. The Morgan fingerprint density at radius 3 is 2.73 bits per heavy atom. The summed E-state index contributed by atoms with van der Waals surface area (Å²) in [5, 5.41) is 15.2. The summed E-state index contributed by atoms with van der Waals surface area (Å²) in [5.74, 6) is 1.32. The van der Waals surface area contributed by atoms with Crippen molar-refractivity contribution in [3.63, 3.8) is 0 Å². The number of anilines is 2. The molecule has 3 saturated heterocycles. The molecule has 4 unspecified atom stereocenters. The molecular weight excluding hydrogens is 522 g/mol. The van der Waals surface area contributed by atoms with E-state index in [2.05, 4.69) is 57.8 Å². The minimum atomic E-state index is -0.348. The van der Waals surface area contributed by atoms with Crippen molar-refractivity contribution < 1.29 is 9.47 Å². The maximum Gasteiger partial charge on any atom is 0.367 e. The van der Waals surface area contributed by atoms with Gasteiger partial charge in [0.1, 0.15) is 11.9 Å². The molecule has 0 spiro atoms. The molecule has 0 saturated carbocycles. The third-order valence-corrected chi connectivity index (χ3v) is 9.01. The molecule has 2 aromatic rings. The first kappa shape index (κ1) is 28.0. The van der Waals surface area contributed by atoms with Gasteiger partial charge >= 0.3 is 5.69 Å². The van der Waals surface area contributed by atoms with Crippen LogP contribution >= 0.6 is 0 Å². The molecule has 0 radical (unpaired) electrons. The average molecular weight is 566 g/mol. The molecule has 12 heteroatoms. The Morgan fingerprint density at radius 1 is 1.17 bits per heavy atom. The quantitative estimate of drug-likeness (QED) is 0.518. The zero-order valence-corrected chi connectivity index (χ0v) is 24.8. The van der Waals surface area contributed by atoms with E-state index in [9.17, 15) is 4.79 Å². The van der Waals surface area contributed by atoms with Crippen LogP contribution in [-0.2, 0) is 16.5 Å². The first-order valence-electron chi connectivity index (χ1n) is 15.0. The Labute approximate surface area is 241 Å². The number of tetrazole rings is 1. The van der Waals surface area contributed by atoms with Crippen LogP contribution in [0.5, 0.6) is 0 Å². The van der Waals surface area contributed by atoms with Crippen LogP contribution in [0.3, 0.4) is 0 Å². The van der Waals surface area contributed by atoms with Crippen molar-refractivity contribution in [2.75, 3.05) is 30.4 Å². The maximum absolute atomic E-state index is 12.9. The van der Waals surface area contributed by atoms with Gasteiger partial charge in [0.25, 0.3) is 0 Å². The Balaban J connectivity index is 1.22. The summed E-state index contributed by atoms with van der Waals surface area (Å²) >= 11 is 0. The Kier molecular flexibility index (Phi) is 7.73. The van der Waals surface area contributed by atoms with Gasteiger partial charge in [-0.25, -0.2) is 9.78 Å². The summed E-state index contributed by atoms with van der Waals surface area (Å²) in [6.07, 6.45) is 12.0. The van der Waals surface area contributed by atoms with Crippen LogP contribution in [-0.4, -0.2) is 84.2 Å². The molecule has 0 bridgehead atoms. The molecule has 2 N–H and O–H groups in total. The summed E-state index contributed by atoms with van der Waals surface area (Å²) in [6, 6.07) is 0.993. The smallest absolute Gasteiger partial charge is 0.367 e. The Hall–Kier alpha value is -3.09. The van der Waals surface area contributed by atoms with Crippen LogP contribution in [0.4, 0.5) is 11.8 Å². The molecule has 5 heterocycles. The van der Waals surface area contributed by atoms with E-state index in [-0.39, 0.29) is 29.4 Å². The topological polar surface area (TPSA) is 124 Å². The first-order chi connectivity index (χ1) is 19.7. The van der Waals surface area contributed by atoms with Crippen molar-refractivity contribution >= 4 is 17.5 Å². The van der Waals surface area contributed by atoms with Crippen LogP contribution in [0.2, 0.25) is 0 Å². The molecule has 12 nitrogen and oxygen atoms in total. The fourth-order valence-electron chi connectivity index (χ4n) is 6.97. The molecule has 0 aromatic carbocycles. The number of nitrogens with zero attached hydrogens (tertiary/aromatic N) is 7. The van der Waals surface area contributed by atoms with Gasteiger partial charge in [-0.15, -0.1) is 0 Å². The molecule has 222 valence electrons. The average Bonchev–Trinajstić information content (AvgIpc) is 3.55. The van der Waals surface area contributed by atoms with E-state index in [1.807, 2.05) is 19.2 Å². The maximum atomic E-state index is 12.9. The third-order valence-electron chi connectivity index (χ3n) is 9.01. The minimum Gasteiger partial charge on any atom is -0.381 e. The normalized spacial score (nSPS) is 28.6. The SMILES string of the molecule is Cc1cnc(NC2=CC(C)C(OC3CCOCC3)C(n3nnn(C)c3=O)=C2)nc1NC1CC2CCCN2C(C)(C)C1. The first-order valence-corrected chi connectivity index (χ1v) is 15.0. The largest absolute Gasteiger partial charge is 0.381 e. The van der Waals surface area contributed by atoms with Crippen molar-refractivity contribution in [3.05, 3.63) is 40.1 Å². The summed E-state index contributed by atoms with van der Waals surface area (Å²) < 4.78 is 14.6. The van der Waals surface area contributed by atoms with E-state index >= 15 is 0 Å². The van der Waals surface area contributed by atoms with Crippen molar-refractivity contribution in [3.8, 4) is 0 Å². The number of fused-ring (bicyclic) bond motifs is 1. The Bertz CT molecular complexity index is 1370. The van der Waals surface area contributed by atoms with E-state index in [0.717, 1.165) is 42.8 Å². The van der Waals surface area contributed by atoms with Crippen molar-refractivity contribution in [1.29, 1.82) is 0 Å². The van der Waals surface area contributed by atoms with Gasteiger partial charge in [-0.2, -0.15) is 14.3 Å². The number of rotatable bonds is 7. The lowest BCUT2D eigenvalue weighted by atomic mass is 9.84. The van der Waals surface area contributed by atoms with Gasteiger partial charge in [-0.1, -0.05) is 13.0 Å². The van der Waals surface area contributed by atoms with Gasteiger partial charge < -0.3 is 20.1 Å². The van der Waals surface area contributed by atoms with E-state index < -0.39 is 0 Å². The zero-order chi connectivity index (χ0) is 28.7. The molecule has 3 fully saturated rings. The highest BCUT2D eigenvalue weighted by Gasteiger charge is 2.43. The van der Waals surface area contributed by atoms with Gasteiger partial charge in [-0.3, -0.25) is 4.90 Å². The van der Waals surface area contributed by atoms with E-state index in [0.29, 0.717) is 36.9 Å². The number of hydrogen-bond donors (Lipinski definition) is 2. The molecule has 6 rings (SSSR count).